The van der Waals surface area contributed by atoms with Crippen LogP contribution < -0.4 is 10.1 Å². The van der Waals surface area contributed by atoms with Gasteiger partial charge in [-0.25, -0.2) is 8.42 Å². The third-order valence-corrected chi connectivity index (χ3v) is 7.63. The highest BCUT2D eigenvalue weighted by Gasteiger charge is 2.41. The molecule has 2 aromatic carbocycles. The average molecular weight is 431 g/mol. The molecule has 1 saturated heterocycles. The summed E-state index contributed by atoms with van der Waals surface area (Å²) >= 11 is 0. The first kappa shape index (κ1) is 22.3. The van der Waals surface area contributed by atoms with Gasteiger partial charge in [0.2, 0.25) is 15.9 Å². The third kappa shape index (κ3) is 4.84. The van der Waals surface area contributed by atoms with Gasteiger partial charge in [-0.2, -0.15) is 4.31 Å². The van der Waals surface area contributed by atoms with Gasteiger partial charge in [-0.3, -0.25) is 4.79 Å². The van der Waals surface area contributed by atoms with E-state index in [4.69, 9.17) is 4.74 Å². The predicted octanol–water partition coefficient (Wildman–Crippen LogP) is 3.36. The molecule has 7 heteroatoms. The summed E-state index contributed by atoms with van der Waals surface area (Å²) in [7, 11) is -2.03. The van der Waals surface area contributed by atoms with Crippen molar-refractivity contribution in [3.8, 4) is 5.75 Å². The molecule has 0 radical (unpaired) electrons. The predicted molar refractivity (Wildman–Crippen MR) is 117 cm³/mol. The zero-order chi connectivity index (χ0) is 21.8. The number of nitrogens with one attached hydrogen (secondary N) is 1. The van der Waals surface area contributed by atoms with Gasteiger partial charge in [0, 0.05) is 19.6 Å². The molecule has 0 saturated carbocycles. The van der Waals surface area contributed by atoms with E-state index in [2.05, 4.69) is 5.32 Å². The van der Waals surface area contributed by atoms with Gasteiger partial charge in [-0.1, -0.05) is 31.2 Å². The molecule has 0 unspecified atom stereocenters. The number of amides is 1. The van der Waals surface area contributed by atoms with Gasteiger partial charge in [0.05, 0.1) is 17.4 Å². The van der Waals surface area contributed by atoms with Gasteiger partial charge >= 0.3 is 0 Å². The molecule has 1 fully saturated rings. The summed E-state index contributed by atoms with van der Waals surface area (Å²) in [6.07, 6.45) is 2.16. The summed E-state index contributed by atoms with van der Waals surface area (Å²) in [6.45, 7) is 4.85. The SMILES string of the molecule is CCc1ccc(S(=O)(=O)N2CCC[C@](C)(C(=O)NCc3cccc(OC)c3)C2)cc1. The number of aryl methyl sites for hydroxylation is 1. The first-order chi connectivity index (χ1) is 14.3. The van der Waals surface area contributed by atoms with Crippen LogP contribution in [0.15, 0.2) is 53.4 Å². The van der Waals surface area contributed by atoms with E-state index in [1.165, 1.54) is 4.31 Å². The molecule has 0 spiro atoms. The highest BCUT2D eigenvalue weighted by Crippen LogP contribution is 2.33. The zero-order valence-electron chi connectivity index (χ0n) is 17.8. The Kier molecular flexibility index (Phi) is 6.83. The number of piperidine rings is 1. The van der Waals surface area contributed by atoms with Crippen LogP contribution in [0.3, 0.4) is 0 Å². The molecule has 1 aliphatic rings. The van der Waals surface area contributed by atoms with E-state index >= 15 is 0 Å². The van der Waals surface area contributed by atoms with Crippen LogP contribution in [0.2, 0.25) is 0 Å². The molecule has 1 N–H and O–H groups in total. The molecule has 1 heterocycles. The number of ether oxygens (including phenoxy) is 1. The Morgan fingerprint density at radius 1 is 1.17 bits per heavy atom. The molecule has 1 amide bonds. The number of benzene rings is 2. The van der Waals surface area contributed by atoms with Crippen molar-refractivity contribution in [2.75, 3.05) is 20.2 Å². The molecule has 2 aromatic rings. The smallest absolute Gasteiger partial charge is 0.243 e. The van der Waals surface area contributed by atoms with Crippen LogP contribution in [-0.2, 0) is 27.8 Å². The topological polar surface area (TPSA) is 75.7 Å². The van der Waals surface area contributed by atoms with Gasteiger partial charge in [-0.15, -0.1) is 0 Å². The van der Waals surface area contributed by atoms with E-state index in [1.54, 1.807) is 19.2 Å². The molecule has 1 aliphatic heterocycles. The molecule has 3 rings (SSSR count). The monoisotopic (exact) mass is 430 g/mol. The van der Waals surface area contributed by atoms with Crippen molar-refractivity contribution in [1.82, 2.24) is 9.62 Å². The number of rotatable bonds is 7. The number of carbonyl (C=O) groups excluding carboxylic acids is 1. The Labute approximate surface area is 179 Å². The summed E-state index contributed by atoms with van der Waals surface area (Å²) in [5, 5.41) is 2.97. The molecule has 1 atom stereocenters. The molecule has 6 nitrogen and oxygen atoms in total. The Morgan fingerprint density at radius 3 is 2.57 bits per heavy atom. The lowest BCUT2D eigenvalue weighted by Gasteiger charge is -2.38. The molecule has 0 aromatic heterocycles. The molecular formula is C23H30N2O4S. The molecule has 0 bridgehead atoms. The van der Waals surface area contributed by atoms with E-state index in [-0.39, 0.29) is 17.3 Å². The Bertz CT molecular complexity index is 989. The largest absolute Gasteiger partial charge is 0.497 e. The minimum absolute atomic E-state index is 0.133. The molecular weight excluding hydrogens is 400 g/mol. The fourth-order valence-electron chi connectivity index (χ4n) is 3.81. The number of sulfonamides is 1. The van der Waals surface area contributed by atoms with Crippen molar-refractivity contribution < 1.29 is 17.9 Å². The maximum atomic E-state index is 13.1. The van der Waals surface area contributed by atoms with E-state index in [0.29, 0.717) is 25.9 Å². The maximum absolute atomic E-state index is 13.1. The van der Waals surface area contributed by atoms with Crippen LogP contribution in [-0.4, -0.2) is 38.8 Å². The fraction of sp³-hybridized carbons (Fsp3) is 0.435. The summed E-state index contributed by atoms with van der Waals surface area (Å²) < 4.78 is 32.9. The summed E-state index contributed by atoms with van der Waals surface area (Å²) in [4.78, 5) is 13.3. The van der Waals surface area contributed by atoms with Crippen molar-refractivity contribution in [2.24, 2.45) is 5.41 Å². The van der Waals surface area contributed by atoms with Crippen LogP contribution in [0.1, 0.15) is 37.8 Å². The van der Waals surface area contributed by atoms with Gasteiger partial charge in [0.1, 0.15) is 5.75 Å². The second-order valence-electron chi connectivity index (χ2n) is 8.03. The van der Waals surface area contributed by atoms with Crippen LogP contribution >= 0.6 is 0 Å². The number of hydrogen-bond acceptors (Lipinski definition) is 4. The van der Waals surface area contributed by atoms with Crippen LogP contribution in [0.5, 0.6) is 5.75 Å². The highest BCUT2D eigenvalue weighted by atomic mass is 32.2. The second kappa shape index (κ2) is 9.18. The number of nitrogens with zero attached hydrogens (tertiary/aromatic N) is 1. The minimum atomic E-state index is -3.63. The standard InChI is InChI=1S/C23H30N2O4S/c1-4-18-9-11-21(12-10-18)30(27,28)25-14-6-13-23(2,17-25)22(26)24-16-19-7-5-8-20(15-19)29-3/h5,7-12,15H,4,6,13-14,16-17H2,1-3H3,(H,24,26)/t23-/m0/s1. The average Bonchev–Trinajstić information content (AvgIpc) is 2.77. The van der Waals surface area contributed by atoms with Gasteiger partial charge in [0.15, 0.2) is 0 Å². The van der Waals surface area contributed by atoms with E-state index in [1.807, 2.05) is 50.2 Å². The second-order valence-corrected chi connectivity index (χ2v) is 9.97. The van der Waals surface area contributed by atoms with Crippen molar-refractivity contribution in [3.05, 3.63) is 59.7 Å². The normalized spacial score (nSPS) is 20.0. The van der Waals surface area contributed by atoms with E-state index < -0.39 is 15.4 Å². The number of carbonyl (C=O) groups is 1. The molecule has 30 heavy (non-hydrogen) atoms. The van der Waals surface area contributed by atoms with Gasteiger partial charge in [-0.05, 0) is 61.6 Å². The quantitative estimate of drug-likeness (QED) is 0.731. The lowest BCUT2D eigenvalue weighted by Crippen LogP contribution is -2.51. The summed E-state index contributed by atoms with van der Waals surface area (Å²) in [5.74, 6) is 0.600. The van der Waals surface area contributed by atoms with Crippen molar-refractivity contribution in [3.63, 3.8) is 0 Å². The number of hydrogen-bond donors (Lipinski definition) is 1. The lowest BCUT2D eigenvalue weighted by molar-refractivity contribution is -0.132. The van der Waals surface area contributed by atoms with E-state index in [9.17, 15) is 13.2 Å². The number of methoxy groups -OCH3 is 1. The van der Waals surface area contributed by atoms with Crippen LogP contribution in [0.25, 0.3) is 0 Å². The Hall–Kier alpha value is -2.38. The Morgan fingerprint density at radius 2 is 1.90 bits per heavy atom. The van der Waals surface area contributed by atoms with Crippen molar-refractivity contribution in [1.29, 1.82) is 0 Å². The summed E-state index contributed by atoms with van der Waals surface area (Å²) in [5.41, 5.74) is 1.25. The van der Waals surface area contributed by atoms with Gasteiger partial charge in [0.25, 0.3) is 0 Å². The first-order valence-corrected chi connectivity index (χ1v) is 11.7. The molecule has 162 valence electrons. The van der Waals surface area contributed by atoms with Crippen molar-refractivity contribution in [2.45, 2.75) is 44.6 Å². The highest BCUT2D eigenvalue weighted by molar-refractivity contribution is 7.89. The first-order valence-electron chi connectivity index (χ1n) is 10.3. The zero-order valence-corrected chi connectivity index (χ0v) is 18.7. The lowest BCUT2D eigenvalue weighted by atomic mass is 9.82. The minimum Gasteiger partial charge on any atom is -0.497 e. The van der Waals surface area contributed by atoms with E-state index in [0.717, 1.165) is 23.3 Å². The molecule has 0 aliphatic carbocycles. The third-order valence-electron chi connectivity index (χ3n) is 5.77. The van der Waals surface area contributed by atoms with Crippen molar-refractivity contribution >= 4 is 15.9 Å². The summed E-state index contributed by atoms with van der Waals surface area (Å²) in [6, 6.07) is 14.5. The van der Waals surface area contributed by atoms with Crippen LogP contribution in [0, 0.1) is 5.41 Å². The maximum Gasteiger partial charge on any atom is 0.243 e. The van der Waals surface area contributed by atoms with Gasteiger partial charge < -0.3 is 10.1 Å². The Balaban J connectivity index is 1.70. The van der Waals surface area contributed by atoms with Crippen LogP contribution in [0.4, 0.5) is 0 Å². The fourth-order valence-corrected chi connectivity index (χ4v) is 5.41.